The first-order valence-corrected chi connectivity index (χ1v) is 11.7. The third kappa shape index (κ3) is 10.3. The Hall–Kier alpha value is -3.14. The Kier molecular flexibility index (Phi) is 11.9. The van der Waals surface area contributed by atoms with Crippen LogP contribution in [0.15, 0.2) is 78.9 Å². The van der Waals surface area contributed by atoms with Crippen LogP contribution in [0.1, 0.15) is 0 Å². The molecule has 0 bridgehead atoms. The lowest BCUT2D eigenvalue weighted by Crippen LogP contribution is -2.33. The lowest BCUT2D eigenvalue weighted by Gasteiger charge is -2.16. The van der Waals surface area contributed by atoms with Crippen LogP contribution < -0.4 is 25.3 Å². The van der Waals surface area contributed by atoms with Crippen molar-refractivity contribution >= 4 is 0 Å². The molecule has 0 fully saturated rings. The van der Waals surface area contributed by atoms with E-state index in [1.807, 2.05) is 60.7 Å². The molecule has 35 heavy (non-hydrogen) atoms. The maximum atomic E-state index is 10.2. The van der Waals surface area contributed by atoms with Crippen molar-refractivity contribution in [2.75, 3.05) is 52.7 Å². The van der Waals surface area contributed by atoms with E-state index < -0.39 is 6.10 Å². The highest BCUT2D eigenvalue weighted by atomic mass is 16.5. The van der Waals surface area contributed by atoms with E-state index in [0.29, 0.717) is 74.8 Å². The normalized spacial score (nSPS) is 11.7. The van der Waals surface area contributed by atoms with Gasteiger partial charge in [0.15, 0.2) is 11.5 Å². The Morgan fingerprint density at radius 2 is 1.34 bits per heavy atom. The summed E-state index contributed by atoms with van der Waals surface area (Å²) in [7, 11) is 0. The summed E-state index contributed by atoms with van der Waals surface area (Å²) in [4.78, 5) is 0. The van der Waals surface area contributed by atoms with Crippen LogP contribution in [0.2, 0.25) is 0 Å². The summed E-state index contributed by atoms with van der Waals surface area (Å²) in [5, 5.41) is 13.4. The van der Waals surface area contributed by atoms with Crippen LogP contribution in [-0.4, -0.2) is 63.9 Å². The van der Waals surface area contributed by atoms with Crippen LogP contribution in [0, 0.1) is 0 Å². The van der Waals surface area contributed by atoms with Gasteiger partial charge < -0.3 is 39.8 Å². The molecule has 1 atom stereocenters. The maximum absolute atomic E-state index is 10.2. The number of aliphatic hydroxyl groups excluding tert-OH is 1. The van der Waals surface area contributed by atoms with Crippen LogP contribution in [-0.2, 0) is 9.47 Å². The van der Waals surface area contributed by atoms with Crippen molar-refractivity contribution in [3.8, 4) is 28.7 Å². The van der Waals surface area contributed by atoms with Gasteiger partial charge in [0.2, 0.25) is 0 Å². The standard InChI is InChI=1S/C27H34N2O6/c28-13-15-31-17-18-32-16-14-29-20-22(30)21-33-25-11-12-26(34-23-7-3-1-4-8-23)27(19-25)35-24-9-5-2-6-10-24/h1-12,19,22,29-30H,13-18,20-21,28H2. The predicted molar refractivity (Wildman–Crippen MR) is 135 cm³/mol. The minimum atomic E-state index is -0.679. The third-order valence-corrected chi connectivity index (χ3v) is 4.74. The van der Waals surface area contributed by atoms with Crippen molar-refractivity contribution in [3.05, 3.63) is 78.9 Å². The van der Waals surface area contributed by atoms with E-state index in [0.717, 1.165) is 0 Å². The number of hydrogen-bond acceptors (Lipinski definition) is 8. The van der Waals surface area contributed by atoms with Gasteiger partial charge in [-0.3, -0.25) is 0 Å². The molecule has 0 amide bonds. The quantitative estimate of drug-likeness (QED) is 0.251. The first kappa shape index (κ1) is 26.5. The molecule has 3 aromatic carbocycles. The van der Waals surface area contributed by atoms with Gasteiger partial charge in [-0.1, -0.05) is 36.4 Å². The largest absolute Gasteiger partial charge is 0.491 e. The van der Waals surface area contributed by atoms with Crippen molar-refractivity contribution in [3.63, 3.8) is 0 Å². The van der Waals surface area contributed by atoms with Crippen LogP contribution >= 0.6 is 0 Å². The Bertz CT molecular complexity index is 958. The van der Waals surface area contributed by atoms with E-state index in [-0.39, 0.29) is 6.61 Å². The summed E-state index contributed by atoms with van der Waals surface area (Å²) in [5.41, 5.74) is 5.35. The molecule has 8 heteroatoms. The van der Waals surface area contributed by atoms with Crippen molar-refractivity contribution in [1.29, 1.82) is 0 Å². The van der Waals surface area contributed by atoms with Crippen LogP contribution in [0.4, 0.5) is 0 Å². The lowest BCUT2D eigenvalue weighted by molar-refractivity contribution is 0.0498. The van der Waals surface area contributed by atoms with E-state index in [4.69, 9.17) is 29.4 Å². The Morgan fingerprint density at radius 1 is 0.714 bits per heavy atom. The van der Waals surface area contributed by atoms with E-state index in [2.05, 4.69) is 5.32 Å². The topological polar surface area (TPSA) is 104 Å². The number of aliphatic hydroxyl groups is 1. The zero-order chi connectivity index (χ0) is 24.6. The van der Waals surface area contributed by atoms with Crippen LogP contribution in [0.3, 0.4) is 0 Å². The average molecular weight is 483 g/mol. The zero-order valence-corrected chi connectivity index (χ0v) is 19.8. The highest BCUT2D eigenvalue weighted by Gasteiger charge is 2.12. The molecule has 3 rings (SSSR count). The van der Waals surface area contributed by atoms with E-state index in [9.17, 15) is 5.11 Å². The first-order chi connectivity index (χ1) is 17.2. The summed E-state index contributed by atoms with van der Waals surface area (Å²) < 4.78 is 28.5. The van der Waals surface area contributed by atoms with Gasteiger partial charge in [0.25, 0.3) is 0 Å². The Morgan fingerprint density at radius 3 is 2.00 bits per heavy atom. The Labute approximate surface area is 206 Å². The number of rotatable bonds is 17. The third-order valence-electron chi connectivity index (χ3n) is 4.74. The molecule has 0 radical (unpaired) electrons. The number of nitrogens with one attached hydrogen (secondary N) is 1. The fourth-order valence-electron chi connectivity index (χ4n) is 3.04. The molecule has 0 aliphatic heterocycles. The van der Waals surface area contributed by atoms with Crippen LogP contribution in [0.25, 0.3) is 0 Å². The van der Waals surface area contributed by atoms with Crippen molar-refractivity contribution < 1.29 is 28.8 Å². The summed E-state index contributed by atoms with van der Waals surface area (Å²) in [6.45, 7) is 3.76. The number of benzene rings is 3. The number of para-hydroxylation sites is 2. The number of hydrogen-bond donors (Lipinski definition) is 3. The van der Waals surface area contributed by atoms with Crippen molar-refractivity contribution in [2.45, 2.75) is 6.10 Å². The molecular weight excluding hydrogens is 448 g/mol. The van der Waals surface area contributed by atoms with Gasteiger partial charge in [-0.15, -0.1) is 0 Å². The smallest absolute Gasteiger partial charge is 0.173 e. The van der Waals surface area contributed by atoms with E-state index >= 15 is 0 Å². The number of ether oxygens (including phenoxy) is 5. The van der Waals surface area contributed by atoms with Gasteiger partial charge in [-0.25, -0.2) is 0 Å². The second kappa shape index (κ2) is 15.7. The van der Waals surface area contributed by atoms with Crippen molar-refractivity contribution in [1.82, 2.24) is 5.32 Å². The highest BCUT2D eigenvalue weighted by molar-refractivity contribution is 5.49. The Balaban J connectivity index is 1.47. The van der Waals surface area contributed by atoms with Gasteiger partial charge >= 0.3 is 0 Å². The first-order valence-electron chi connectivity index (χ1n) is 11.7. The van der Waals surface area contributed by atoms with Gasteiger partial charge in [0.1, 0.15) is 30.0 Å². The molecule has 0 aliphatic carbocycles. The fourth-order valence-corrected chi connectivity index (χ4v) is 3.04. The second-order valence-corrected chi connectivity index (χ2v) is 7.62. The summed E-state index contributed by atoms with van der Waals surface area (Å²) in [6.07, 6.45) is -0.679. The SMILES string of the molecule is NCCOCCOCCNCC(O)COc1ccc(Oc2ccccc2)c(Oc2ccccc2)c1. The molecule has 0 aromatic heterocycles. The summed E-state index contributed by atoms with van der Waals surface area (Å²) >= 11 is 0. The average Bonchev–Trinajstić information content (AvgIpc) is 2.89. The van der Waals surface area contributed by atoms with Gasteiger partial charge in [0, 0.05) is 25.7 Å². The van der Waals surface area contributed by atoms with Gasteiger partial charge in [-0.2, -0.15) is 0 Å². The molecule has 3 aromatic rings. The molecule has 4 N–H and O–H groups in total. The van der Waals surface area contributed by atoms with E-state index in [1.54, 1.807) is 18.2 Å². The molecule has 1 unspecified atom stereocenters. The predicted octanol–water partition coefficient (Wildman–Crippen LogP) is 3.59. The summed E-state index contributed by atoms with van der Waals surface area (Å²) in [6, 6.07) is 24.3. The molecule has 188 valence electrons. The lowest BCUT2D eigenvalue weighted by atomic mass is 10.2. The minimum Gasteiger partial charge on any atom is -0.491 e. The molecule has 8 nitrogen and oxygen atoms in total. The van der Waals surface area contributed by atoms with Crippen LogP contribution in [0.5, 0.6) is 28.7 Å². The van der Waals surface area contributed by atoms with Crippen molar-refractivity contribution in [2.24, 2.45) is 5.73 Å². The number of nitrogens with two attached hydrogens (primary N) is 1. The fraction of sp³-hybridized carbons (Fsp3) is 0.333. The highest BCUT2D eigenvalue weighted by Crippen LogP contribution is 2.37. The zero-order valence-electron chi connectivity index (χ0n) is 19.8. The van der Waals surface area contributed by atoms with Gasteiger partial charge in [-0.05, 0) is 36.4 Å². The maximum Gasteiger partial charge on any atom is 0.173 e. The minimum absolute atomic E-state index is 0.129. The molecule has 0 saturated heterocycles. The molecule has 0 aliphatic rings. The van der Waals surface area contributed by atoms with Gasteiger partial charge in [0.05, 0.1) is 26.4 Å². The summed E-state index contributed by atoms with van der Waals surface area (Å²) in [5.74, 6) is 3.02. The molecule has 0 heterocycles. The monoisotopic (exact) mass is 482 g/mol. The molecular formula is C27H34N2O6. The second-order valence-electron chi connectivity index (χ2n) is 7.62. The molecule has 0 spiro atoms. The van der Waals surface area contributed by atoms with E-state index in [1.165, 1.54) is 0 Å². The molecule has 0 saturated carbocycles.